The lowest BCUT2D eigenvalue weighted by Crippen LogP contribution is -2.43. The van der Waals surface area contributed by atoms with Crippen molar-refractivity contribution in [3.05, 3.63) is 0 Å². The summed E-state index contributed by atoms with van der Waals surface area (Å²) in [5, 5.41) is 0. The second-order valence-corrected chi connectivity index (χ2v) is 7.31. The lowest BCUT2D eigenvalue weighted by atomic mass is 9.78. The van der Waals surface area contributed by atoms with Gasteiger partial charge in [-0.2, -0.15) is 0 Å². The van der Waals surface area contributed by atoms with Gasteiger partial charge in [-0.1, -0.05) is 20.8 Å². The van der Waals surface area contributed by atoms with E-state index in [0.29, 0.717) is 12.0 Å². The number of guanidine groups is 1. The summed E-state index contributed by atoms with van der Waals surface area (Å²) in [6.07, 6.45) is 6.47. The van der Waals surface area contributed by atoms with Gasteiger partial charge in [-0.15, -0.1) is 0 Å². The van der Waals surface area contributed by atoms with Gasteiger partial charge in [0.25, 0.3) is 0 Å². The van der Waals surface area contributed by atoms with Crippen molar-refractivity contribution >= 4 is 5.96 Å². The molecule has 2 N–H and O–H groups in total. The van der Waals surface area contributed by atoms with Gasteiger partial charge in [0.1, 0.15) is 0 Å². The van der Waals surface area contributed by atoms with Gasteiger partial charge in [0.15, 0.2) is 5.96 Å². The number of likely N-dealkylation sites (tertiary alicyclic amines) is 1. The van der Waals surface area contributed by atoms with Gasteiger partial charge in [0.05, 0.1) is 6.10 Å². The number of piperidine rings is 1. The van der Waals surface area contributed by atoms with Crippen LogP contribution in [0.5, 0.6) is 0 Å². The third-order valence-electron chi connectivity index (χ3n) is 4.47. The Hall–Kier alpha value is -0.770. The number of nitrogens with zero attached hydrogens (tertiary/aromatic N) is 2. The van der Waals surface area contributed by atoms with Crippen molar-refractivity contribution in [2.45, 2.75) is 59.0 Å². The molecule has 2 saturated heterocycles. The molecule has 0 aromatic rings. The smallest absolute Gasteiger partial charge is 0.191 e. The standard InChI is InChI=1S/C16H31N3O/c1-16(2,3)14-13(8-7-11-20-14)12-18-15(17)19-9-5-4-6-10-19/h13-14H,4-12H2,1-3H3,(H2,17,18). The van der Waals surface area contributed by atoms with Gasteiger partial charge in [-0.3, -0.25) is 4.99 Å². The van der Waals surface area contributed by atoms with Gasteiger partial charge in [0, 0.05) is 32.2 Å². The Kier molecular flexibility index (Phi) is 5.30. The summed E-state index contributed by atoms with van der Waals surface area (Å²) in [5.74, 6) is 1.25. The predicted molar refractivity (Wildman–Crippen MR) is 83.8 cm³/mol. The largest absolute Gasteiger partial charge is 0.377 e. The third kappa shape index (κ3) is 4.11. The van der Waals surface area contributed by atoms with Crippen molar-refractivity contribution in [2.24, 2.45) is 22.1 Å². The van der Waals surface area contributed by atoms with Crippen molar-refractivity contribution in [1.29, 1.82) is 0 Å². The molecule has 116 valence electrons. The number of ether oxygens (including phenoxy) is 1. The van der Waals surface area contributed by atoms with Gasteiger partial charge >= 0.3 is 0 Å². The van der Waals surface area contributed by atoms with E-state index < -0.39 is 0 Å². The summed E-state index contributed by atoms with van der Waals surface area (Å²) < 4.78 is 6.01. The number of hydrogen-bond donors (Lipinski definition) is 1. The van der Waals surface area contributed by atoms with Crippen molar-refractivity contribution < 1.29 is 4.74 Å². The molecule has 0 aromatic carbocycles. The lowest BCUT2D eigenvalue weighted by molar-refractivity contribution is -0.0824. The molecule has 0 spiro atoms. The Balaban J connectivity index is 1.93. The lowest BCUT2D eigenvalue weighted by Gasteiger charge is -2.39. The topological polar surface area (TPSA) is 50.9 Å². The van der Waals surface area contributed by atoms with Crippen LogP contribution >= 0.6 is 0 Å². The molecule has 0 radical (unpaired) electrons. The van der Waals surface area contributed by atoms with Crippen LogP contribution in [0.2, 0.25) is 0 Å². The fraction of sp³-hybridized carbons (Fsp3) is 0.938. The molecule has 4 heteroatoms. The molecule has 0 saturated carbocycles. The molecule has 0 amide bonds. The summed E-state index contributed by atoms with van der Waals surface area (Å²) in [4.78, 5) is 6.91. The molecule has 2 unspecified atom stereocenters. The zero-order chi connectivity index (χ0) is 14.6. The highest BCUT2D eigenvalue weighted by Gasteiger charge is 2.35. The first-order valence-electron chi connectivity index (χ1n) is 8.15. The van der Waals surface area contributed by atoms with Gasteiger partial charge in [-0.25, -0.2) is 0 Å². The second kappa shape index (κ2) is 6.79. The Morgan fingerprint density at radius 2 is 1.90 bits per heavy atom. The fourth-order valence-corrected chi connectivity index (χ4v) is 3.42. The maximum atomic E-state index is 6.16. The van der Waals surface area contributed by atoms with E-state index in [9.17, 15) is 0 Å². The molecule has 0 aliphatic carbocycles. The summed E-state index contributed by atoms with van der Waals surface area (Å²) in [5.41, 5.74) is 6.34. The summed E-state index contributed by atoms with van der Waals surface area (Å²) in [6, 6.07) is 0. The van der Waals surface area contributed by atoms with Crippen molar-refractivity contribution in [2.75, 3.05) is 26.2 Å². The molecular formula is C16H31N3O. The van der Waals surface area contributed by atoms with Gasteiger partial charge in [0.2, 0.25) is 0 Å². The minimum Gasteiger partial charge on any atom is -0.377 e. The first-order valence-corrected chi connectivity index (χ1v) is 8.15. The van der Waals surface area contributed by atoms with Crippen LogP contribution in [0.4, 0.5) is 0 Å². The maximum absolute atomic E-state index is 6.16. The SMILES string of the molecule is CC(C)(C)C1OCCCC1CN=C(N)N1CCCCC1. The molecule has 4 nitrogen and oxygen atoms in total. The van der Waals surface area contributed by atoms with Crippen molar-refractivity contribution in [3.8, 4) is 0 Å². The minimum absolute atomic E-state index is 0.181. The number of aliphatic imine (C=N–C) groups is 1. The van der Waals surface area contributed by atoms with E-state index >= 15 is 0 Å². The van der Waals surface area contributed by atoms with Crippen LogP contribution in [0.1, 0.15) is 52.9 Å². The van der Waals surface area contributed by atoms with Crippen LogP contribution in [0.15, 0.2) is 4.99 Å². The monoisotopic (exact) mass is 281 g/mol. The highest BCUT2D eigenvalue weighted by Crippen LogP contribution is 2.34. The quantitative estimate of drug-likeness (QED) is 0.625. The van der Waals surface area contributed by atoms with Gasteiger partial charge in [-0.05, 0) is 37.5 Å². The van der Waals surface area contributed by atoms with Crippen molar-refractivity contribution in [1.82, 2.24) is 4.90 Å². The molecule has 20 heavy (non-hydrogen) atoms. The molecule has 2 rings (SSSR count). The molecule has 2 atom stereocenters. The van der Waals surface area contributed by atoms with E-state index in [0.717, 1.165) is 38.6 Å². The Labute approximate surface area is 123 Å². The van der Waals surface area contributed by atoms with Crippen molar-refractivity contribution in [3.63, 3.8) is 0 Å². The highest BCUT2D eigenvalue weighted by molar-refractivity contribution is 5.78. The van der Waals surface area contributed by atoms with Crippen LogP contribution in [-0.2, 0) is 4.74 Å². The zero-order valence-corrected chi connectivity index (χ0v) is 13.4. The highest BCUT2D eigenvalue weighted by atomic mass is 16.5. The molecular weight excluding hydrogens is 250 g/mol. The summed E-state index contributed by atoms with van der Waals surface area (Å²) in [6.45, 7) is 10.6. The van der Waals surface area contributed by atoms with E-state index in [-0.39, 0.29) is 5.41 Å². The van der Waals surface area contributed by atoms with E-state index in [2.05, 4.69) is 30.7 Å². The molecule has 0 bridgehead atoms. The van der Waals surface area contributed by atoms with Crippen LogP contribution < -0.4 is 5.73 Å². The molecule has 2 heterocycles. The molecule has 0 aromatic heterocycles. The Morgan fingerprint density at radius 3 is 2.55 bits per heavy atom. The molecule has 2 fully saturated rings. The van der Waals surface area contributed by atoms with Gasteiger partial charge < -0.3 is 15.4 Å². The number of nitrogens with two attached hydrogens (primary N) is 1. The van der Waals surface area contributed by atoms with E-state index in [4.69, 9.17) is 10.5 Å². The fourth-order valence-electron chi connectivity index (χ4n) is 3.42. The Bertz CT molecular complexity index is 329. The molecule has 2 aliphatic rings. The average Bonchev–Trinajstić information content (AvgIpc) is 2.45. The van der Waals surface area contributed by atoms with E-state index in [1.807, 2.05) is 0 Å². The van der Waals surface area contributed by atoms with Crippen LogP contribution in [0.25, 0.3) is 0 Å². The first-order chi connectivity index (χ1) is 9.48. The predicted octanol–water partition coefficient (Wildman–Crippen LogP) is 2.63. The first kappa shape index (κ1) is 15.6. The normalized spacial score (nSPS) is 29.6. The molecule has 2 aliphatic heterocycles. The minimum atomic E-state index is 0.181. The summed E-state index contributed by atoms with van der Waals surface area (Å²) >= 11 is 0. The number of rotatable bonds is 2. The third-order valence-corrected chi connectivity index (χ3v) is 4.47. The maximum Gasteiger partial charge on any atom is 0.191 e. The van der Waals surface area contributed by atoms with Crippen LogP contribution in [0, 0.1) is 11.3 Å². The summed E-state index contributed by atoms with van der Waals surface area (Å²) in [7, 11) is 0. The Morgan fingerprint density at radius 1 is 1.20 bits per heavy atom. The van der Waals surface area contributed by atoms with Crippen LogP contribution in [0.3, 0.4) is 0 Å². The second-order valence-electron chi connectivity index (χ2n) is 7.31. The number of hydrogen-bond acceptors (Lipinski definition) is 2. The zero-order valence-electron chi connectivity index (χ0n) is 13.4. The van der Waals surface area contributed by atoms with E-state index in [1.165, 1.54) is 25.7 Å². The van der Waals surface area contributed by atoms with E-state index in [1.54, 1.807) is 0 Å². The van der Waals surface area contributed by atoms with Crippen LogP contribution in [-0.4, -0.2) is 43.2 Å². The average molecular weight is 281 g/mol.